The van der Waals surface area contributed by atoms with Crippen molar-refractivity contribution < 1.29 is 9.59 Å². The Hall–Kier alpha value is -3.07. The third kappa shape index (κ3) is 3.01. The Labute approximate surface area is 146 Å². The number of hydrogen-bond acceptors (Lipinski definition) is 6. The number of thiazole rings is 1. The molecule has 0 spiro atoms. The molecule has 0 saturated heterocycles. The number of carbonyl (C=O) groups excluding carboxylic acids is 2. The number of nitrogens with one attached hydrogen (secondary N) is 2. The second-order valence-corrected chi connectivity index (χ2v) is 6.50. The van der Waals surface area contributed by atoms with Gasteiger partial charge in [-0.2, -0.15) is 10.1 Å². The van der Waals surface area contributed by atoms with Crippen LogP contribution >= 0.6 is 11.3 Å². The summed E-state index contributed by atoms with van der Waals surface area (Å²) in [5.41, 5.74) is 5.68. The topological polar surface area (TPSA) is 101 Å². The van der Waals surface area contributed by atoms with E-state index in [0.29, 0.717) is 11.4 Å². The van der Waals surface area contributed by atoms with E-state index in [1.54, 1.807) is 4.52 Å². The van der Waals surface area contributed by atoms with Gasteiger partial charge in [0.05, 0.1) is 5.69 Å². The van der Waals surface area contributed by atoms with Gasteiger partial charge < -0.3 is 0 Å². The third-order valence-corrected chi connectivity index (χ3v) is 4.64. The highest BCUT2D eigenvalue weighted by molar-refractivity contribution is 7.15. The third-order valence-electron chi connectivity index (χ3n) is 3.82. The molecule has 25 heavy (non-hydrogen) atoms. The molecule has 126 valence electrons. The zero-order valence-electron chi connectivity index (χ0n) is 13.3. The van der Waals surface area contributed by atoms with Crippen molar-refractivity contribution in [2.75, 3.05) is 5.32 Å². The number of anilines is 1. The number of rotatable bonds is 3. The average Bonchev–Trinajstić information content (AvgIpc) is 3.16. The largest absolute Gasteiger partial charge is 0.288 e. The summed E-state index contributed by atoms with van der Waals surface area (Å²) in [6, 6.07) is 8.12. The van der Waals surface area contributed by atoms with Gasteiger partial charge in [0.1, 0.15) is 5.71 Å². The minimum atomic E-state index is -0.407. The lowest BCUT2D eigenvalue weighted by atomic mass is 10.1. The highest BCUT2D eigenvalue weighted by Crippen LogP contribution is 2.26. The van der Waals surface area contributed by atoms with Crippen LogP contribution in [0.25, 0.3) is 16.2 Å². The van der Waals surface area contributed by atoms with Crippen molar-refractivity contribution in [1.29, 1.82) is 0 Å². The van der Waals surface area contributed by atoms with Crippen molar-refractivity contribution >= 4 is 39.8 Å². The highest BCUT2D eigenvalue weighted by Gasteiger charge is 2.20. The SMILES string of the molecule is Cc1ccc(-c2csc3nc(NC(=O)C4=NNC(=O)CC4)nn23)cc1. The summed E-state index contributed by atoms with van der Waals surface area (Å²) in [6.45, 7) is 2.03. The molecule has 1 aliphatic rings. The summed E-state index contributed by atoms with van der Waals surface area (Å²) in [7, 11) is 0. The molecule has 8 nitrogen and oxygen atoms in total. The van der Waals surface area contributed by atoms with Gasteiger partial charge in [0.2, 0.25) is 10.9 Å². The van der Waals surface area contributed by atoms with Crippen molar-refractivity contribution in [3.05, 3.63) is 35.2 Å². The lowest BCUT2D eigenvalue weighted by Gasteiger charge is -2.10. The molecule has 0 fully saturated rings. The van der Waals surface area contributed by atoms with Crippen LogP contribution in [0.2, 0.25) is 0 Å². The molecule has 0 atom stereocenters. The fourth-order valence-electron chi connectivity index (χ4n) is 2.47. The molecule has 2 aromatic heterocycles. The van der Waals surface area contributed by atoms with E-state index in [-0.39, 0.29) is 24.0 Å². The first-order valence-electron chi connectivity index (χ1n) is 7.68. The fourth-order valence-corrected chi connectivity index (χ4v) is 3.30. The highest BCUT2D eigenvalue weighted by atomic mass is 32.1. The van der Waals surface area contributed by atoms with Crippen molar-refractivity contribution in [3.63, 3.8) is 0 Å². The van der Waals surface area contributed by atoms with Gasteiger partial charge in [0.25, 0.3) is 11.9 Å². The van der Waals surface area contributed by atoms with E-state index >= 15 is 0 Å². The smallest absolute Gasteiger partial charge is 0.274 e. The van der Waals surface area contributed by atoms with E-state index < -0.39 is 5.91 Å². The monoisotopic (exact) mass is 354 g/mol. The van der Waals surface area contributed by atoms with E-state index in [9.17, 15) is 9.59 Å². The Kier molecular flexibility index (Phi) is 3.77. The van der Waals surface area contributed by atoms with Crippen LogP contribution in [-0.4, -0.2) is 32.1 Å². The number of fused-ring (bicyclic) bond motifs is 1. The van der Waals surface area contributed by atoms with E-state index in [4.69, 9.17) is 0 Å². The van der Waals surface area contributed by atoms with Gasteiger partial charge in [-0.3, -0.25) is 14.9 Å². The Morgan fingerprint density at radius 2 is 2.08 bits per heavy atom. The van der Waals surface area contributed by atoms with Gasteiger partial charge in [-0.25, -0.2) is 9.94 Å². The molecule has 1 aliphatic heterocycles. The van der Waals surface area contributed by atoms with E-state index in [1.165, 1.54) is 16.9 Å². The van der Waals surface area contributed by atoms with Crippen molar-refractivity contribution in [3.8, 4) is 11.3 Å². The predicted molar refractivity (Wildman–Crippen MR) is 94.5 cm³/mol. The number of aromatic nitrogens is 3. The number of benzene rings is 1. The van der Waals surface area contributed by atoms with E-state index in [2.05, 4.69) is 25.9 Å². The Morgan fingerprint density at radius 1 is 1.28 bits per heavy atom. The van der Waals surface area contributed by atoms with Crippen LogP contribution in [0.3, 0.4) is 0 Å². The number of hydrogen-bond donors (Lipinski definition) is 2. The molecule has 0 radical (unpaired) electrons. The minimum Gasteiger partial charge on any atom is -0.288 e. The molecule has 0 unspecified atom stereocenters. The normalized spacial score (nSPS) is 14.3. The Morgan fingerprint density at radius 3 is 2.80 bits per heavy atom. The second-order valence-electron chi connectivity index (χ2n) is 5.66. The van der Waals surface area contributed by atoms with Gasteiger partial charge in [0, 0.05) is 23.8 Å². The fraction of sp³-hybridized carbons (Fsp3) is 0.188. The van der Waals surface area contributed by atoms with Crippen LogP contribution in [0.4, 0.5) is 5.95 Å². The Bertz CT molecular complexity index is 1000. The molecule has 0 saturated carbocycles. The summed E-state index contributed by atoms with van der Waals surface area (Å²) < 4.78 is 1.70. The first-order chi connectivity index (χ1) is 12.1. The molecule has 3 aromatic rings. The minimum absolute atomic E-state index is 0.195. The molecule has 0 aliphatic carbocycles. The van der Waals surface area contributed by atoms with Crippen LogP contribution < -0.4 is 10.7 Å². The lowest BCUT2D eigenvalue weighted by molar-refractivity contribution is -0.121. The summed E-state index contributed by atoms with van der Waals surface area (Å²) in [5, 5.41) is 12.7. The standard InChI is InChI=1S/C16H14N6O2S/c1-9-2-4-10(5-3-9)12-8-25-16-18-15(21-22(12)16)17-14(24)11-6-7-13(23)20-19-11/h2-5,8H,6-7H2,1H3,(H,20,23)(H,17,21,24). The number of aryl methyl sites for hydroxylation is 1. The molecular formula is C16H14N6O2S. The van der Waals surface area contributed by atoms with Gasteiger partial charge in [-0.15, -0.1) is 16.4 Å². The average molecular weight is 354 g/mol. The van der Waals surface area contributed by atoms with Gasteiger partial charge in [0.15, 0.2) is 0 Å². The number of carbonyl (C=O) groups is 2. The van der Waals surface area contributed by atoms with Crippen LogP contribution in [0.1, 0.15) is 18.4 Å². The van der Waals surface area contributed by atoms with Crippen LogP contribution in [0.15, 0.2) is 34.7 Å². The Balaban J connectivity index is 1.59. The molecule has 0 bridgehead atoms. The van der Waals surface area contributed by atoms with Crippen LogP contribution in [-0.2, 0) is 9.59 Å². The predicted octanol–water partition coefficient (Wildman–Crippen LogP) is 1.97. The quantitative estimate of drug-likeness (QED) is 0.751. The first-order valence-corrected chi connectivity index (χ1v) is 8.56. The maximum atomic E-state index is 12.2. The van der Waals surface area contributed by atoms with Gasteiger partial charge >= 0.3 is 0 Å². The first kappa shape index (κ1) is 15.5. The molecule has 9 heteroatoms. The van der Waals surface area contributed by atoms with Crippen molar-refractivity contribution in [1.82, 2.24) is 20.0 Å². The van der Waals surface area contributed by atoms with Gasteiger partial charge in [-0.05, 0) is 6.92 Å². The molecule has 1 aromatic carbocycles. The number of amides is 2. The summed E-state index contributed by atoms with van der Waals surface area (Å²) in [5.74, 6) is -0.389. The number of nitrogens with zero attached hydrogens (tertiary/aromatic N) is 4. The van der Waals surface area contributed by atoms with E-state index in [1.807, 2.05) is 36.6 Å². The molecule has 2 N–H and O–H groups in total. The van der Waals surface area contributed by atoms with E-state index in [0.717, 1.165) is 11.3 Å². The van der Waals surface area contributed by atoms with Crippen molar-refractivity contribution in [2.45, 2.75) is 19.8 Å². The summed E-state index contributed by atoms with van der Waals surface area (Å²) >= 11 is 1.45. The van der Waals surface area contributed by atoms with Crippen molar-refractivity contribution in [2.24, 2.45) is 5.10 Å². The molecular weight excluding hydrogens is 340 g/mol. The lowest BCUT2D eigenvalue weighted by Crippen LogP contribution is -2.33. The van der Waals surface area contributed by atoms with Crippen LogP contribution in [0, 0.1) is 6.92 Å². The molecule has 2 amide bonds. The van der Waals surface area contributed by atoms with Crippen LogP contribution in [0.5, 0.6) is 0 Å². The summed E-state index contributed by atoms with van der Waals surface area (Å²) in [6.07, 6.45) is 0.546. The summed E-state index contributed by atoms with van der Waals surface area (Å²) in [4.78, 5) is 28.3. The zero-order chi connectivity index (χ0) is 17.4. The maximum absolute atomic E-state index is 12.2. The maximum Gasteiger partial charge on any atom is 0.274 e. The van der Waals surface area contributed by atoms with Gasteiger partial charge in [-0.1, -0.05) is 29.8 Å². The number of hydrazone groups is 1. The zero-order valence-corrected chi connectivity index (χ0v) is 14.1. The molecule has 4 rings (SSSR count). The molecule has 3 heterocycles. The second kappa shape index (κ2) is 6.10.